The van der Waals surface area contributed by atoms with Gasteiger partial charge >= 0.3 is 0 Å². The van der Waals surface area contributed by atoms with Crippen molar-refractivity contribution in [1.29, 1.82) is 0 Å². The van der Waals surface area contributed by atoms with Crippen LogP contribution in [-0.4, -0.2) is 35.2 Å². The SMILES string of the molecule is CCOc1ccc(OCCNC(=O)c2sc3nc4n(c(=O)c3c2C)CCC4)cc1. The summed E-state index contributed by atoms with van der Waals surface area (Å²) >= 11 is 1.28. The predicted molar refractivity (Wildman–Crippen MR) is 112 cm³/mol. The predicted octanol–water partition coefficient (Wildman–Crippen LogP) is 2.92. The molecule has 1 aromatic carbocycles. The van der Waals surface area contributed by atoms with E-state index in [-0.39, 0.29) is 11.5 Å². The normalized spacial score (nSPS) is 12.8. The topological polar surface area (TPSA) is 82.4 Å². The first-order valence-electron chi connectivity index (χ1n) is 9.75. The maximum atomic E-state index is 12.7. The van der Waals surface area contributed by atoms with Gasteiger partial charge < -0.3 is 14.8 Å². The van der Waals surface area contributed by atoms with Crippen molar-refractivity contribution < 1.29 is 14.3 Å². The Kier molecular flexibility index (Phi) is 5.53. The van der Waals surface area contributed by atoms with Crippen LogP contribution in [0.2, 0.25) is 0 Å². The Morgan fingerprint density at radius 2 is 1.97 bits per heavy atom. The summed E-state index contributed by atoms with van der Waals surface area (Å²) in [6, 6.07) is 7.37. The third-order valence-corrected chi connectivity index (χ3v) is 6.09. The van der Waals surface area contributed by atoms with E-state index in [2.05, 4.69) is 10.3 Å². The molecule has 0 fully saturated rings. The minimum atomic E-state index is -0.203. The summed E-state index contributed by atoms with van der Waals surface area (Å²) < 4.78 is 12.8. The smallest absolute Gasteiger partial charge is 0.262 e. The number of aryl methyl sites for hydroxylation is 2. The Morgan fingerprint density at radius 1 is 1.24 bits per heavy atom. The van der Waals surface area contributed by atoms with E-state index in [1.165, 1.54) is 11.3 Å². The molecule has 1 aliphatic heterocycles. The molecule has 152 valence electrons. The van der Waals surface area contributed by atoms with Crippen molar-refractivity contribution in [3.8, 4) is 11.5 Å². The highest BCUT2D eigenvalue weighted by atomic mass is 32.1. The average molecular weight is 413 g/mol. The molecule has 1 amide bonds. The van der Waals surface area contributed by atoms with Gasteiger partial charge in [-0.3, -0.25) is 14.2 Å². The van der Waals surface area contributed by atoms with E-state index in [0.29, 0.717) is 52.7 Å². The number of carbonyl (C=O) groups excluding carboxylic acids is 1. The molecule has 0 aliphatic carbocycles. The van der Waals surface area contributed by atoms with Crippen molar-refractivity contribution in [1.82, 2.24) is 14.9 Å². The van der Waals surface area contributed by atoms with Gasteiger partial charge in [0.1, 0.15) is 28.8 Å². The first-order chi connectivity index (χ1) is 14.1. The molecule has 0 saturated heterocycles. The summed E-state index contributed by atoms with van der Waals surface area (Å²) in [4.78, 5) is 31.1. The summed E-state index contributed by atoms with van der Waals surface area (Å²) in [5.74, 6) is 2.13. The molecule has 29 heavy (non-hydrogen) atoms. The van der Waals surface area contributed by atoms with Gasteiger partial charge in [0.25, 0.3) is 11.5 Å². The third-order valence-electron chi connectivity index (χ3n) is 4.91. The molecule has 0 bridgehead atoms. The van der Waals surface area contributed by atoms with Crippen LogP contribution in [0.25, 0.3) is 10.2 Å². The molecule has 0 atom stereocenters. The highest BCUT2D eigenvalue weighted by Crippen LogP contribution is 2.28. The molecule has 3 aromatic rings. The minimum absolute atomic E-state index is 0.0332. The number of aromatic nitrogens is 2. The fraction of sp³-hybridized carbons (Fsp3) is 0.381. The first kappa shape index (κ1) is 19.4. The number of nitrogens with one attached hydrogen (secondary N) is 1. The lowest BCUT2D eigenvalue weighted by atomic mass is 10.2. The zero-order valence-corrected chi connectivity index (χ0v) is 17.3. The number of amides is 1. The van der Waals surface area contributed by atoms with Crippen LogP contribution >= 0.6 is 11.3 Å². The monoisotopic (exact) mass is 413 g/mol. The average Bonchev–Trinajstić information content (AvgIpc) is 3.32. The van der Waals surface area contributed by atoms with Gasteiger partial charge in [-0.15, -0.1) is 11.3 Å². The number of rotatable bonds is 7. The molecule has 0 radical (unpaired) electrons. The number of benzene rings is 1. The summed E-state index contributed by atoms with van der Waals surface area (Å²) in [7, 11) is 0. The largest absolute Gasteiger partial charge is 0.494 e. The molecule has 1 N–H and O–H groups in total. The van der Waals surface area contributed by atoms with Crippen molar-refractivity contribution in [3.05, 3.63) is 50.9 Å². The minimum Gasteiger partial charge on any atom is -0.494 e. The molecule has 3 heterocycles. The van der Waals surface area contributed by atoms with Gasteiger partial charge in [0.2, 0.25) is 0 Å². The van der Waals surface area contributed by atoms with Crippen molar-refractivity contribution in [2.24, 2.45) is 0 Å². The van der Waals surface area contributed by atoms with Crippen LogP contribution in [0.15, 0.2) is 29.1 Å². The Labute approximate surface area is 172 Å². The Balaban J connectivity index is 1.39. The van der Waals surface area contributed by atoms with Gasteiger partial charge in [0, 0.05) is 13.0 Å². The van der Waals surface area contributed by atoms with Gasteiger partial charge in [0.05, 0.1) is 23.4 Å². The molecule has 8 heteroatoms. The molecule has 7 nitrogen and oxygen atoms in total. The molecule has 0 saturated carbocycles. The number of fused-ring (bicyclic) bond motifs is 2. The molecule has 1 aliphatic rings. The van der Waals surface area contributed by atoms with Crippen LogP contribution in [0, 0.1) is 6.92 Å². The summed E-state index contributed by atoms with van der Waals surface area (Å²) in [5.41, 5.74) is 0.670. The number of carbonyl (C=O) groups is 1. The number of ether oxygens (including phenoxy) is 2. The second-order valence-corrected chi connectivity index (χ2v) is 7.83. The van der Waals surface area contributed by atoms with Crippen molar-refractivity contribution in [3.63, 3.8) is 0 Å². The maximum absolute atomic E-state index is 12.7. The molecular formula is C21H23N3O4S. The Morgan fingerprint density at radius 3 is 2.69 bits per heavy atom. The highest BCUT2D eigenvalue weighted by molar-refractivity contribution is 7.20. The summed E-state index contributed by atoms with van der Waals surface area (Å²) in [6.07, 6.45) is 1.76. The number of hydrogen-bond acceptors (Lipinski definition) is 6. The van der Waals surface area contributed by atoms with Gasteiger partial charge in [-0.1, -0.05) is 0 Å². The molecule has 2 aromatic heterocycles. The van der Waals surface area contributed by atoms with E-state index < -0.39 is 0 Å². The number of hydrogen-bond donors (Lipinski definition) is 1. The van der Waals surface area contributed by atoms with Crippen molar-refractivity contribution in [2.75, 3.05) is 19.8 Å². The molecule has 0 spiro atoms. The van der Waals surface area contributed by atoms with Crippen LogP contribution in [0.1, 0.15) is 34.4 Å². The molecular weight excluding hydrogens is 390 g/mol. The molecule has 4 rings (SSSR count). The number of thiophene rings is 1. The van der Waals surface area contributed by atoms with E-state index in [1.54, 1.807) is 4.57 Å². The quantitative estimate of drug-likeness (QED) is 0.602. The summed E-state index contributed by atoms with van der Waals surface area (Å²) in [5, 5.41) is 3.43. The van der Waals surface area contributed by atoms with Crippen LogP contribution in [0.3, 0.4) is 0 Å². The van der Waals surface area contributed by atoms with E-state index in [1.807, 2.05) is 38.1 Å². The van der Waals surface area contributed by atoms with E-state index >= 15 is 0 Å². The fourth-order valence-corrected chi connectivity index (χ4v) is 4.61. The number of nitrogens with zero attached hydrogens (tertiary/aromatic N) is 2. The Hall–Kier alpha value is -2.87. The molecule has 0 unspecified atom stereocenters. The zero-order valence-electron chi connectivity index (χ0n) is 16.5. The van der Waals surface area contributed by atoms with Gasteiger partial charge in [-0.05, 0) is 50.1 Å². The lowest BCUT2D eigenvalue weighted by Gasteiger charge is -2.08. The van der Waals surface area contributed by atoms with Crippen LogP contribution in [0.4, 0.5) is 0 Å². The second-order valence-electron chi connectivity index (χ2n) is 6.83. The van der Waals surface area contributed by atoms with E-state index in [4.69, 9.17) is 9.47 Å². The van der Waals surface area contributed by atoms with Crippen LogP contribution in [-0.2, 0) is 13.0 Å². The van der Waals surface area contributed by atoms with E-state index in [9.17, 15) is 9.59 Å². The van der Waals surface area contributed by atoms with Crippen molar-refractivity contribution in [2.45, 2.75) is 33.2 Å². The van der Waals surface area contributed by atoms with E-state index in [0.717, 1.165) is 24.4 Å². The second kappa shape index (κ2) is 8.24. The Bertz CT molecular complexity index is 1100. The van der Waals surface area contributed by atoms with Gasteiger partial charge in [-0.25, -0.2) is 4.98 Å². The van der Waals surface area contributed by atoms with Gasteiger partial charge in [-0.2, -0.15) is 0 Å². The highest BCUT2D eigenvalue weighted by Gasteiger charge is 2.23. The first-order valence-corrected chi connectivity index (χ1v) is 10.6. The lowest BCUT2D eigenvalue weighted by Crippen LogP contribution is -2.28. The van der Waals surface area contributed by atoms with Crippen LogP contribution in [0.5, 0.6) is 11.5 Å². The summed E-state index contributed by atoms with van der Waals surface area (Å²) in [6.45, 7) is 5.78. The third kappa shape index (κ3) is 3.85. The fourth-order valence-electron chi connectivity index (χ4n) is 3.50. The standard InChI is InChI=1S/C21H23N3O4S/c1-3-27-14-6-8-15(9-7-14)28-12-10-22-19(25)18-13(2)17-20(29-18)23-16-5-4-11-24(16)21(17)26/h6-9H,3-5,10-12H2,1-2H3,(H,22,25). The maximum Gasteiger partial charge on any atom is 0.262 e. The van der Waals surface area contributed by atoms with Crippen molar-refractivity contribution >= 4 is 27.5 Å². The van der Waals surface area contributed by atoms with Crippen LogP contribution < -0.4 is 20.3 Å². The lowest BCUT2D eigenvalue weighted by molar-refractivity contribution is 0.0950. The zero-order chi connectivity index (χ0) is 20.4. The van der Waals surface area contributed by atoms with Gasteiger partial charge in [0.15, 0.2) is 0 Å².